The Hall–Kier alpha value is -2.69. The standard InChI is InChI=1S/C18H21N3O2/c1-3-4-10-20-17(22)14-9-11-19-16(12-14)18(23)21-15-8-6-5-7-13(15)2/h5-9,11-12H,3-4,10H2,1-2H3,(H,20,22)(H,21,23). The fraction of sp³-hybridized carbons (Fsp3) is 0.278. The zero-order valence-corrected chi connectivity index (χ0v) is 13.4. The lowest BCUT2D eigenvalue weighted by atomic mass is 10.1. The number of unbranched alkanes of at least 4 members (excludes halogenated alkanes) is 1. The highest BCUT2D eigenvalue weighted by Gasteiger charge is 2.12. The second-order valence-electron chi connectivity index (χ2n) is 5.31. The second kappa shape index (κ2) is 8.08. The van der Waals surface area contributed by atoms with Crippen LogP contribution in [0.4, 0.5) is 5.69 Å². The molecule has 2 rings (SSSR count). The molecule has 2 N–H and O–H groups in total. The first-order valence-electron chi connectivity index (χ1n) is 7.73. The average Bonchev–Trinajstić information content (AvgIpc) is 2.57. The summed E-state index contributed by atoms with van der Waals surface area (Å²) in [6, 6.07) is 10.6. The van der Waals surface area contributed by atoms with Gasteiger partial charge in [0.2, 0.25) is 0 Å². The van der Waals surface area contributed by atoms with E-state index in [0.717, 1.165) is 24.1 Å². The highest BCUT2D eigenvalue weighted by molar-refractivity contribution is 6.05. The van der Waals surface area contributed by atoms with Crippen molar-refractivity contribution in [2.75, 3.05) is 11.9 Å². The van der Waals surface area contributed by atoms with Crippen molar-refractivity contribution in [2.24, 2.45) is 0 Å². The van der Waals surface area contributed by atoms with Gasteiger partial charge in [0, 0.05) is 24.0 Å². The number of rotatable bonds is 6. The maximum atomic E-state index is 12.3. The van der Waals surface area contributed by atoms with E-state index in [1.165, 1.54) is 12.3 Å². The van der Waals surface area contributed by atoms with Gasteiger partial charge in [0.15, 0.2) is 0 Å². The summed E-state index contributed by atoms with van der Waals surface area (Å²) >= 11 is 0. The Bertz CT molecular complexity index is 698. The predicted molar refractivity (Wildman–Crippen MR) is 90.6 cm³/mol. The van der Waals surface area contributed by atoms with E-state index in [-0.39, 0.29) is 17.5 Å². The Kier molecular flexibility index (Phi) is 5.86. The van der Waals surface area contributed by atoms with Gasteiger partial charge < -0.3 is 10.6 Å². The van der Waals surface area contributed by atoms with Gasteiger partial charge in [-0.3, -0.25) is 14.6 Å². The van der Waals surface area contributed by atoms with Crippen LogP contribution in [0.3, 0.4) is 0 Å². The Morgan fingerprint density at radius 1 is 1.13 bits per heavy atom. The van der Waals surface area contributed by atoms with Gasteiger partial charge in [0.05, 0.1) is 0 Å². The number of hydrogen-bond acceptors (Lipinski definition) is 3. The molecule has 0 atom stereocenters. The van der Waals surface area contributed by atoms with Crippen LogP contribution in [0.15, 0.2) is 42.6 Å². The number of nitrogens with zero attached hydrogens (tertiary/aromatic N) is 1. The summed E-state index contributed by atoms with van der Waals surface area (Å²) in [4.78, 5) is 28.4. The summed E-state index contributed by atoms with van der Waals surface area (Å²) in [6.45, 7) is 4.61. The lowest BCUT2D eigenvalue weighted by molar-refractivity contribution is 0.0953. The molecule has 2 aromatic rings. The minimum Gasteiger partial charge on any atom is -0.352 e. The van der Waals surface area contributed by atoms with E-state index >= 15 is 0 Å². The van der Waals surface area contributed by atoms with Gasteiger partial charge >= 0.3 is 0 Å². The summed E-state index contributed by atoms with van der Waals surface area (Å²) in [5, 5.41) is 5.64. The van der Waals surface area contributed by atoms with Crippen molar-refractivity contribution in [3.63, 3.8) is 0 Å². The zero-order valence-electron chi connectivity index (χ0n) is 13.4. The SMILES string of the molecule is CCCCNC(=O)c1ccnc(C(=O)Nc2ccccc2C)c1. The normalized spacial score (nSPS) is 10.2. The second-order valence-corrected chi connectivity index (χ2v) is 5.31. The number of carbonyl (C=O) groups is 2. The van der Waals surface area contributed by atoms with Crippen LogP contribution < -0.4 is 10.6 Å². The molecule has 120 valence electrons. The lowest BCUT2D eigenvalue weighted by Gasteiger charge is -2.09. The van der Waals surface area contributed by atoms with Gasteiger partial charge in [-0.15, -0.1) is 0 Å². The van der Waals surface area contributed by atoms with E-state index in [1.807, 2.05) is 31.2 Å². The Morgan fingerprint density at radius 3 is 2.65 bits per heavy atom. The highest BCUT2D eigenvalue weighted by Crippen LogP contribution is 2.14. The van der Waals surface area contributed by atoms with Crippen molar-refractivity contribution in [3.8, 4) is 0 Å². The molecule has 0 aliphatic rings. The summed E-state index contributed by atoms with van der Waals surface area (Å²) in [5.74, 6) is -0.520. The molecular weight excluding hydrogens is 290 g/mol. The molecule has 1 heterocycles. The van der Waals surface area contributed by atoms with Crippen LogP contribution in [0.5, 0.6) is 0 Å². The maximum absolute atomic E-state index is 12.3. The van der Waals surface area contributed by atoms with Crippen molar-refractivity contribution in [1.82, 2.24) is 10.3 Å². The molecule has 5 heteroatoms. The van der Waals surface area contributed by atoms with Gasteiger partial charge in [-0.2, -0.15) is 0 Å². The molecule has 2 amide bonds. The quantitative estimate of drug-likeness (QED) is 0.805. The molecule has 0 saturated carbocycles. The van der Waals surface area contributed by atoms with Crippen LogP contribution in [-0.2, 0) is 0 Å². The third kappa shape index (κ3) is 4.64. The van der Waals surface area contributed by atoms with Crippen molar-refractivity contribution >= 4 is 17.5 Å². The van der Waals surface area contributed by atoms with Gasteiger partial charge in [-0.05, 0) is 37.1 Å². The first kappa shape index (κ1) is 16.7. The van der Waals surface area contributed by atoms with E-state index in [9.17, 15) is 9.59 Å². The van der Waals surface area contributed by atoms with Crippen molar-refractivity contribution in [3.05, 3.63) is 59.4 Å². The van der Waals surface area contributed by atoms with Crippen LogP contribution in [0.25, 0.3) is 0 Å². The van der Waals surface area contributed by atoms with Crippen molar-refractivity contribution < 1.29 is 9.59 Å². The maximum Gasteiger partial charge on any atom is 0.274 e. The largest absolute Gasteiger partial charge is 0.352 e. The molecule has 0 saturated heterocycles. The van der Waals surface area contributed by atoms with Crippen molar-refractivity contribution in [2.45, 2.75) is 26.7 Å². The van der Waals surface area contributed by atoms with Gasteiger partial charge in [-0.1, -0.05) is 31.5 Å². The molecule has 0 bridgehead atoms. The molecule has 5 nitrogen and oxygen atoms in total. The fourth-order valence-electron chi connectivity index (χ4n) is 2.08. The highest BCUT2D eigenvalue weighted by atomic mass is 16.2. The topological polar surface area (TPSA) is 71.1 Å². The number of carbonyl (C=O) groups excluding carboxylic acids is 2. The fourth-order valence-corrected chi connectivity index (χ4v) is 2.08. The van der Waals surface area contributed by atoms with E-state index in [2.05, 4.69) is 22.5 Å². The van der Waals surface area contributed by atoms with Gasteiger partial charge in [0.1, 0.15) is 5.69 Å². The van der Waals surface area contributed by atoms with E-state index < -0.39 is 0 Å². The molecule has 0 spiro atoms. The molecule has 0 radical (unpaired) electrons. The lowest BCUT2D eigenvalue weighted by Crippen LogP contribution is -2.25. The molecular formula is C18H21N3O2. The number of benzene rings is 1. The number of amides is 2. The van der Waals surface area contributed by atoms with Crippen molar-refractivity contribution in [1.29, 1.82) is 0 Å². The van der Waals surface area contributed by atoms with Crippen LogP contribution in [0.1, 0.15) is 46.2 Å². The first-order valence-corrected chi connectivity index (χ1v) is 7.73. The summed E-state index contributed by atoms with van der Waals surface area (Å²) in [7, 11) is 0. The number of para-hydroxylation sites is 1. The Balaban J connectivity index is 2.08. The van der Waals surface area contributed by atoms with E-state index in [4.69, 9.17) is 0 Å². The summed E-state index contributed by atoms with van der Waals surface area (Å²) in [6.07, 6.45) is 3.42. The smallest absolute Gasteiger partial charge is 0.274 e. The van der Waals surface area contributed by atoms with Crippen LogP contribution >= 0.6 is 0 Å². The molecule has 1 aromatic carbocycles. The Morgan fingerprint density at radius 2 is 1.91 bits per heavy atom. The number of nitrogens with one attached hydrogen (secondary N) is 2. The van der Waals surface area contributed by atoms with Crippen LogP contribution in [0, 0.1) is 6.92 Å². The summed E-state index contributed by atoms with van der Waals surface area (Å²) < 4.78 is 0. The third-order valence-electron chi connectivity index (χ3n) is 3.46. The predicted octanol–water partition coefficient (Wildman–Crippen LogP) is 3.17. The Labute approximate surface area is 136 Å². The molecule has 1 aromatic heterocycles. The molecule has 0 aliphatic carbocycles. The molecule has 0 unspecified atom stereocenters. The number of aryl methyl sites for hydroxylation is 1. The third-order valence-corrected chi connectivity index (χ3v) is 3.46. The number of hydrogen-bond donors (Lipinski definition) is 2. The number of pyridine rings is 1. The van der Waals surface area contributed by atoms with E-state index in [1.54, 1.807) is 6.07 Å². The van der Waals surface area contributed by atoms with Gasteiger partial charge in [0.25, 0.3) is 11.8 Å². The molecule has 23 heavy (non-hydrogen) atoms. The monoisotopic (exact) mass is 311 g/mol. The molecule has 0 fully saturated rings. The summed E-state index contributed by atoms with van der Waals surface area (Å²) in [5.41, 5.74) is 2.36. The van der Waals surface area contributed by atoms with Gasteiger partial charge in [-0.25, -0.2) is 0 Å². The van der Waals surface area contributed by atoms with E-state index in [0.29, 0.717) is 12.1 Å². The first-order chi connectivity index (χ1) is 11.1. The minimum absolute atomic E-state index is 0.189. The average molecular weight is 311 g/mol. The number of anilines is 1. The van der Waals surface area contributed by atoms with Crippen LogP contribution in [-0.4, -0.2) is 23.3 Å². The number of aromatic nitrogens is 1. The minimum atomic E-state index is -0.331. The molecule has 0 aliphatic heterocycles. The zero-order chi connectivity index (χ0) is 16.7. The van der Waals surface area contributed by atoms with Crippen LogP contribution in [0.2, 0.25) is 0 Å².